The van der Waals surface area contributed by atoms with Crippen molar-refractivity contribution in [3.05, 3.63) is 46.2 Å². The van der Waals surface area contributed by atoms with Crippen LogP contribution in [0.2, 0.25) is 0 Å². The van der Waals surface area contributed by atoms with Crippen molar-refractivity contribution in [1.82, 2.24) is 9.38 Å². The topological polar surface area (TPSA) is 108 Å². The van der Waals surface area contributed by atoms with E-state index in [-0.39, 0.29) is 34.8 Å². The van der Waals surface area contributed by atoms with E-state index in [1.165, 1.54) is 0 Å². The number of nitrogens with zero attached hydrogens (tertiary/aromatic N) is 2. The lowest BCUT2D eigenvalue weighted by molar-refractivity contribution is -0.118. The summed E-state index contributed by atoms with van der Waals surface area (Å²) in [5.41, 5.74) is 2.02. The van der Waals surface area contributed by atoms with Gasteiger partial charge in [-0.2, -0.15) is 0 Å². The molecule has 0 aromatic carbocycles. The van der Waals surface area contributed by atoms with Gasteiger partial charge in [-0.3, -0.25) is 4.79 Å². The number of aromatic nitrogens is 2. The molecule has 10 heteroatoms. The van der Waals surface area contributed by atoms with Gasteiger partial charge in [-0.1, -0.05) is 6.42 Å². The molecular weight excluding hydrogens is 470 g/mol. The Balaban J connectivity index is 1.50. The van der Waals surface area contributed by atoms with Gasteiger partial charge in [0.25, 0.3) is 5.91 Å². The number of hydrogen-bond acceptors (Lipinski definition) is 8. The fourth-order valence-electron chi connectivity index (χ4n) is 4.16. The van der Waals surface area contributed by atoms with Crippen molar-refractivity contribution in [1.29, 1.82) is 0 Å². The zero-order valence-corrected chi connectivity index (χ0v) is 20.9. The summed E-state index contributed by atoms with van der Waals surface area (Å²) in [6.45, 7) is 5.10. The second-order valence-corrected chi connectivity index (χ2v) is 9.49. The van der Waals surface area contributed by atoms with E-state index >= 15 is 0 Å². The van der Waals surface area contributed by atoms with Gasteiger partial charge in [0.05, 0.1) is 17.9 Å². The summed E-state index contributed by atoms with van der Waals surface area (Å²) >= 11 is 1.01. The molecule has 186 valence electrons. The number of ether oxygens (including phenoxy) is 3. The summed E-state index contributed by atoms with van der Waals surface area (Å²) in [7, 11) is 0. The Labute approximate surface area is 207 Å². The number of carbonyl (C=O) groups excluding carboxylic acids is 3. The molecule has 0 saturated heterocycles. The SMILES string of the molecule is CCOC(=O)c1c(NC(=O)COc2cccn3cc(C)nc23)sc(C(=O)OC2CCCCC2)c1C. The maximum Gasteiger partial charge on any atom is 0.348 e. The zero-order valence-electron chi connectivity index (χ0n) is 20.1. The molecule has 0 spiro atoms. The first-order valence-corrected chi connectivity index (χ1v) is 12.6. The lowest BCUT2D eigenvalue weighted by atomic mass is 9.98. The highest BCUT2D eigenvalue weighted by Gasteiger charge is 2.29. The maximum absolute atomic E-state index is 12.9. The third-order valence-electron chi connectivity index (χ3n) is 5.82. The summed E-state index contributed by atoms with van der Waals surface area (Å²) < 4.78 is 18.4. The van der Waals surface area contributed by atoms with E-state index in [1.54, 1.807) is 26.0 Å². The number of carbonyl (C=O) groups is 3. The molecule has 3 aromatic rings. The highest BCUT2D eigenvalue weighted by Crippen LogP contribution is 2.35. The number of thiophene rings is 1. The minimum absolute atomic E-state index is 0.121. The monoisotopic (exact) mass is 499 g/mol. The predicted octanol–water partition coefficient (Wildman–Crippen LogP) is 4.70. The van der Waals surface area contributed by atoms with Gasteiger partial charge in [0.15, 0.2) is 18.0 Å². The van der Waals surface area contributed by atoms with Crippen molar-refractivity contribution in [2.45, 2.75) is 59.0 Å². The molecule has 0 unspecified atom stereocenters. The number of rotatable bonds is 8. The van der Waals surface area contributed by atoms with E-state index < -0.39 is 17.8 Å². The molecule has 1 saturated carbocycles. The number of amides is 1. The average molecular weight is 500 g/mol. The molecule has 1 N–H and O–H groups in total. The van der Waals surface area contributed by atoms with Gasteiger partial charge in [0.1, 0.15) is 16.0 Å². The molecule has 0 bridgehead atoms. The van der Waals surface area contributed by atoms with Crippen LogP contribution in [0.1, 0.15) is 70.3 Å². The first-order valence-electron chi connectivity index (χ1n) is 11.8. The van der Waals surface area contributed by atoms with Crippen LogP contribution in [0.3, 0.4) is 0 Å². The van der Waals surface area contributed by atoms with Crippen LogP contribution >= 0.6 is 11.3 Å². The molecule has 0 aliphatic heterocycles. The summed E-state index contributed by atoms with van der Waals surface area (Å²) in [5.74, 6) is -1.11. The van der Waals surface area contributed by atoms with Crippen LogP contribution in [0.15, 0.2) is 24.5 Å². The van der Waals surface area contributed by atoms with Crippen molar-refractivity contribution in [3.63, 3.8) is 0 Å². The molecule has 1 aliphatic rings. The smallest absolute Gasteiger partial charge is 0.348 e. The fraction of sp³-hybridized carbons (Fsp3) is 0.440. The van der Waals surface area contributed by atoms with Crippen molar-refractivity contribution in [2.24, 2.45) is 0 Å². The second kappa shape index (κ2) is 10.9. The molecule has 1 amide bonds. The van der Waals surface area contributed by atoms with Crippen molar-refractivity contribution >= 4 is 39.8 Å². The van der Waals surface area contributed by atoms with E-state index in [0.717, 1.165) is 49.1 Å². The molecule has 3 heterocycles. The molecule has 1 fully saturated rings. The average Bonchev–Trinajstić information content (AvgIpc) is 3.37. The number of esters is 2. The van der Waals surface area contributed by atoms with Crippen LogP contribution < -0.4 is 10.1 Å². The van der Waals surface area contributed by atoms with E-state index in [2.05, 4.69) is 10.3 Å². The lowest BCUT2D eigenvalue weighted by Crippen LogP contribution is -2.21. The third-order valence-corrected chi connectivity index (χ3v) is 7.00. The Morgan fingerprint density at radius 3 is 2.69 bits per heavy atom. The number of nitrogens with one attached hydrogen (secondary N) is 1. The standard InChI is InChI=1S/C25H29N3O6S/c1-4-32-24(30)20-16(3)21(25(31)34-17-9-6-5-7-10-17)35-23(20)27-19(29)14-33-18-11-8-12-28-13-15(2)26-22(18)28/h8,11-13,17H,4-7,9-10,14H2,1-3H3,(H,27,29). The zero-order chi connectivity index (χ0) is 24.9. The Kier molecular flexibility index (Phi) is 7.70. The summed E-state index contributed by atoms with van der Waals surface area (Å²) in [4.78, 5) is 43.0. The number of pyridine rings is 1. The largest absolute Gasteiger partial charge is 0.480 e. The lowest BCUT2D eigenvalue weighted by Gasteiger charge is -2.21. The van der Waals surface area contributed by atoms with E-state index in [0.29, 0.717) is 17.0 Å². The highest BCUT2D eigenvalue weighted by atomic mass is 32.1. The van der Waals surface area contributed by atoms with Crippen LogP contribution in [0.5, 0.6) is 5.75 Å². The van der Waals surface area contributed by atoms with Crippen LogP contribution in [-0.4, -0.2) is 46.5 Å². The third kappa shape index (κ3) is 5.64. The van der Waals surface area contributed by atoms with Gasteiger partial charge in [-0.05, 0) is 64.2 Å². The number of aryl methyl sites for hydroxylation is 1. The quantitative estimate of drug-likeness (QED) is 0.448. The Morgan fingerprint density at radius 1 is 1.17 bits per heavy atom. The molecule has 9 nitrogen and oxygen atoms in total. The summed E-state index contributed by atoms with van der Waals surface area (Å²) in [5, 5.41) is 2.95. The van der Waals surface area contributed by atoms with Gasteiger partial charge in [-0.25, -0.2) is 14.6 Å². The Hall–Kier alpha value is -3.40. The van der Waals surface area contributed by atoms with E-state index in [9.17, 15) is 14.4 Å². The van der Waals surface area contributed by atoms with E-state index in [1.807, 2.05) is 23.7 Å². The Bertz CT molecular complexity index is 1240. The van der Waals surface area contributed by atoms with Gasteiger partial charge >= 0.3 is 11.9 Å². The number of anilines is 1. The second-order valence-electron chi connectivity index (χ2n) is 8.47. The van der Waals surface area contributed by atoms with Gasteiger partial charge in [0.2, 0.25) is 0 Å². The molecular formula is C25H29N3O6S. The van der Waals surface area contributed by atoms with Crippen molar-refractivity contribution < 1.29 is 28.6 Å². The van der Waals surface area contributed by atoms with Crippen LogP contribution in [0, 0.1) is 13.8 Å². The predicted molar refractivity (Wildman–Crippen MR) is 131 cm³/mol. The number of fused-ring (bicyclic) bond motifs is 1. The molecule has 3 aromatic heterocycles. The Morgan fingerprint density at radius 2 is 1.94 bits per heavy atom. The first-order chi connectivity index (χ1) is 16.9. The number of imidazole rings is 1. The fourth-order valence-corrected chi connectivity index (χ4v) is 5.26. The molecule has 35 heavy (non-hydrogen) atoms. The minimum atomic E-state index is -0.605. The van der Waals surface area contributed by atoms with Gasteiger partial charge in [-0.15, -0.1) is 11.3 Å². The highest BCUT2D eigenvalue weighted by molar-refractivity contribution is 7.18. The van der Waals surface area contributed by atoms with Crippen molar-refractivity contribution in [3.8, 4) is 5.75 Å². The van der Waals surface area contributed by atoms with Crippen LogP contribution in [0.4, 0.5) is 5.00 Å². The van der Waals surface area contributed by atoms with Crippen LogP contribution in [0.25, 0.3) is 5.65 Å². The summed E-state index contributed by atoms with van der Waals surface area (Å²) in [6.07, 6.45) is 8.46. The van der Waals surface area contributed by atoms with Gasteiger partial charge < -0.3 is 23.9 Å². The van der Waals surface area contributed by atoms with Crippen LogP contribution in [-0.2, 0) is 14.3 Å². The van der Waals surface area contributed by atoms with Crippen molar-refractivity contribution in [2.75, 3.05) is 18.5 Å². The van der Waals surface area contributed by atoms with E-state index in [4.69, 9.17) is 14.2 Å². The molecule has 4 rings (SSSR count). The number of hydrogen-bond donors (Lipinski definition) is 1. The maximum atomic E-state index is 12.9. The first kappa shape index (κ1) is 24.7. The molecule has 1 aliphatic carbocycles. The normalized spacial score (nSPS) is 14.0. The molecule has 0 atom stereocenters. The summed E-state index contributed by atoms with van der Waals surface area (Å²) in [6, 6.07) is 3.53. The minimum Gasteiger partial charge on any atom is -0.480 e. The molecule has 0 radical (unpaired) electrons. The van der Waals surface area contributed by atoms with Gasteiger partial charge in [0, 0.05) is 12.4 Å².